The summed E-state index contributed by atoms with van der Waals surface area (Å²) in [6, 6.07) is 4.43. The van der Waals surface area contributed by atoms with E-state index in [4.69, 9.17) is 4.74 Å². The van der Waals surface area contributed by atoms with E-state index >= 15 is 0 Å². The van der Waals surface area contributed by atoms with Gasteiger partial charge in [0.15, 0.2) is 0 Å². The predicted molar refractivity (Wildman–Crippen MR) is 78.7 cm³/mol. The molecule has 0 bridgehead atoms. The third kappa shape index (κ3) is 3.83. The first-order valence-corrected chi connectivity index (χ1v) is 7.23. The van der Waals surface area contributed by atoms with Gasteiger partial charge in [-0.05, 0) is 58.3 Å². The van der Waals surface area contributed by atoms with Gasteiger partial charge in [0.1, 0.15) is 0 Å². The van der Waals surface area contributed by atoms with Crippen LogP contribution in [0.3, 0.4) is 0 Å². The lowest BCUT2D eigenvalue weighted by Crippen LogP contribution is -2.39. The van der Waals surface area contributed by atoms with Gasteiger partial charge in [0, 0.05) is 18.8 Å². The average Bonchev–Trinajstić information content (AvgIpc) is 2.41. The van der Waals surface area contributed by atoms with Crippen LogP contribution in [-0.4, -0.2) is 42.7 Å². The average molecular weight is 263 g/mol. The largest absolute Gasteiger partial charge is 0.476 e. The highest BCUT2D eigenvalue weighted by Crippen LogP contribution is 2.26. The fourth-order valence-electron chi connectivity index (χ4n) is 2.73. The molecule has 0 aliphatic carbocycles. The van der Waals surface area contributed by atoms with E-state index in [0.29, 0.717) is 24.4 Å². The lowest BCUT2D eigenvalue weighted by atomic mass is 9.92. The zero-order valence-electron chi connectivity index (χ0n) is 12.2. The Morgan fingerprint density at radius 3 is 3.16 bits per heavy atom. The number of hydrogen-bond donors (Lipinski definition) is 1. The monoisotopic (exact) mass is 263 g/mol. The molecule has 2 heterocycles. The summed E-state index contributed by atoms with van der Waals surface area (Å²) >= 11 is 0. The van der Waals surface area contributed by atoms with Gasteiger partial charge in [0.25, 0.3) is 0 Å². The summed E-state index contributed by atoms with van der Waals surface area (Å²) in [5.74, 6) is 1.40. The molecule has 1 aliphatic heterocycles. The molecule has 4 heteroatoms. The van der Waals surface area contributed by atoms with Crippen LogP contribution >= 0.6 is 0 Å². The van der Waals surface area contributed by atoms with Gasteiger partial charge < -0.3 is 15.0 Å². The molecule has 4 nitrogen and oxygen atoms in total. The lowest BCUT2D eigenvalue weighted by Gasteiger charge is -2.34. The Kier molecular flexibility index (Phi) is 5.02. The molecule has 2 atom stereocenters. The van der Waals surface area contributed by atoms with Gasteiger partial charge in [0.2, 0.25) is 5.88 Å². The second kappa shape index (κ2) is 6.75. The molecule has 1 fully saturated rings. The first-order chi connectivity index (χ1) is 9.20. The van der Waals surface area contributed by atoms with Crippen molar-refractivity contribution in [1.82, 2.24) is 9.88 Å². The molecule has 0 amide bonds. The zero-order valence-corrected chi connectivity index (χ0v) is 12.2. The Balaban J connectivity index is 1.99. The van der Waals surface area contributed by atoms with Crippen molar-refractivity contribution < 1.29 is 4.74 Å². The normalized spacial score (nSPS) is 21.9. The molecule has 19 heavy (non-hydrogen) atoms. The number of piperidine rings is 1. The Morgan fingerprint density at radius 1 is 1.58 bits per heavy atom. The Morgan fingerprint density at radius 2 is 2.42 bits per heavy atom. The van der Waals surface area contributed by atoms with Gasteiger partial charge in [0.05, 0.1) is 12.3 Å². The molecule has 1 aromatic rings. The summed E-state index contributed by atoms with van der Waals surface area (Å²) in [4.78, 5) is 6.70. The Labute approximate surface area is 116 Å². The van der Waals surface area contributed by atoms with E-state index in [1.807, 2.05) is 19.1 Å². The predicted octanol–water partition coefficient (Wildman–Crippen LogP) is 2.62. The highest BCUT2D eigenvalue weighted by Gasteiger charge is 2.23. The number of ether oxygens (including phenoxy) is 1. The molecular weight excluding hydrogens is 238 g/mol. The van der Waals surface area contributed by atoms with Crippen molar-refractivity contribution in [2.24, 2.45) is 5.92 Å². The third-order valence-electron chi connectivity index (χ3n) is 3.80. The van der Waals surface area contributed by atoms with Crippen LogP contribution in [0.4, 0.5) is 5.69 Å². The van der Waals surface area contributed by atoms with Crippen LogP contribution < -0.4 is 10.1 Å². The van der Waals surface area contributed by atoms with Crippen molar-refractivity contribution in [3.63, 3.8) is 0 Å². The smallest absolute Gasteiger partial charge is 0.237 e. The van der Waals surface area contributed by atoms with E-state index in [2.05, 4.69) is 29.2 Å². The number of aromatic nitrogens is 1. The van der Waals surface area contributed by atoms with Crippen molar-refractivity contribution in [2.45, 2.75) is 32.7 Å². The fourth-order valence-corrected chi connectivity index (χ4v) is 2.73. The second-order valence-electron chi connectivity index (χ2n) is 5.39. The van der Waals surface area contributed by atoms with Gasteiger partial charge in [-0.3, -0.25) is 0 Å². The molecule has 2 unspecified atom stereocenters. The summed E-state index contributed by atoms with van der Waals surface area (Å²) in [7, 11) is 2.20. The molecule has 2 rings (SSSR count). The van der Waals surface area contributed by atoms with Crippen molar-refractivity contribution in [1.29, 1.82) is 0 Å². The van der Waals surface area contributed by atoms with Crippen molar-refractivity contribution >= 4 is 5.69 Å². The molecule has 0 saturated carbocycles. The minimum Gasteiger partial charge on any atom is -0.476 e. The Hall–Kier alpha value is -1.29. The zero-order chi connectivity index (χ0) is 13.7. The van der Waals surface area contributed by atoms with E-state index in [1.54, 1.807) is 6.20 Å². The molecule has 0 aromatic carbocycles. The first kappa shape index (κ1) is 14.1. The molecule has 0 spiro atoms. The highest BCUT2D eigenvalue weighted by molar-refractivity contribution is 5.52. The number of hydrogen-bond acceptors (Lipinski definition) is 4. The summed E-state index contributed by atoms with van der Waals surface area (Å²) in [5.41, 5.74) is 1.00. The van der Waals surface area contributed by atoms with E-state index in [-0.39, 0.29) is 0 Å². The SMILES string of the molecule is CCOc1ncccc1NC(C)C1CCCN(C)C1. The summed E-state index contributed by atoms with van der Waals surface area (Å²) in [6.07, 6.45) is 4.36. The standard InChI is InChI=1S/C15H25N3O/c1-4-19-15-14(8-5-9-16-15)17-12(2)13-7-6-10-18(3)11-13/h5,8-9,12-13,17H,4,6-7,10-11H2,1-3H3. The molecule has 1 aliphatic rings. The minimum absolute atomic E-state index is 0.436. The van der Waals surface area contributed by atoms with E-state index in [1.165, 1.54) is 25.9 Å². The number of nitrogens with zero attached hydrogens (tertiary/aromatic N) is 2. The number of rotatable bonds is 5. The van der Waals surface area contributed by atoms with Gasteiger partial charge in [-0.1, -0.05) is 0 Å². The van der Waals surface area contributed by atoms with Crippen molar-refractivity contribution in [2.75, 3.05) is 32.1 Å². The van der Waals surface area contributed by atoms with Gasteiger partial charge in [-0.2, -0.15) is 0 Å². The number of likely N-dealkylation sites (tertiary alicyclic amines) is 1. The van der Waals surface area contributed by atoms with Crippen LogP contribution in [0.25, 0.3) is 0 Å². The quantitative estimate of drug-likeness (QED) is 0.886. The second-order valence-corrected chi connectivity index (χ2v) is 5.39. The topological polar surface area (TPSA) is 37.4 Å². The number of pyridine rings is 1. The van der Waals surface area contributed by atoms with Crippen LogP contribution in [-0.2, 0) is 0 Å². The summed E-state index contributed by atoms with van der Waals surface area (Å²) in [5, 5.41) is 3.57. The molecule has 106 valence electrons. The Bertz CT molecular complexity index is 397. The summed E-state index contributed by atoms with van der Waals surface area (Å²) < 4.78 is 5.56. The van der Waals surface area contributed by atoms with Gasteiger partial charge in [-0.15, -0.1) is 0 Å². The van der Waals surface area contributed by atoms with E-state index in [9.17, 15) is 0 Å². The maximum atomic E-state index is 5.56. The maximum Gasteiger partial charge on any atom is 0.237 e. The van der Waals surface area contributed by atoms with Crippen molar-refractivity contribution in [3.8, 4) is 5.88 Å². The van der Waals surface area contributed by atoms with E-state index < -0.39 is 0 Å². The van der Waals surface area contributed by atoms with Crippen LogP contribution in [0.2, 0.25) is 0 Å². The van der Waals surface area contributed by atoms with Gasteiger partial charge in [-0.25, -0.2) is 4.98 Å². The number of anilines is 1. The highest BCUT2D eigenvalue weighted by atomic mass is 16.5. The van der Waals surface area contributed by atoms with Crippen LogP contribution in [0.15, 0.2) is 18.3 Å². The number of nitrogens with one attached hydrogen (secondary N) is 1. The maximum absolute atomic E-state index is 5.56. The van der Waals surface area contributed by atoms with Crippen LogP contribution in [0.5, 0.6) is 5.88 Å². The van der Waals surface area contributed by atoms with Gasteiger partial charge >= 0.3 is 0 Å². The molecule has 1 N–H and O–H groups in total. The van der Waals surface area contributed by atoms with E-state index in [0.717, 1.165) is 5.69 Å². The lowest BCUT2D eigenvalue weighted by molar-refractivity contribution is 0.197. The summed E-state index contributed by atoms with van der Waals surface area (Å²) in [6.45, 7) is 7.27. The minimum atomic E-state index is 0.436. The molecule has 1 aromatic heterocycles. The third-order valence-corrected chi connectivity index (χ3v) is 3.80. The van der Waals surface area contributed by atoms with Crippen LogP contribution in [0.1, 0.15) is 26.7 Å². The van der Waals surface area contributed by atoms with Crippen molar-refractivity contribution in [3.05, 3.63) is 18.3 Å². The molecule has 0 radical (unpaired) electrons. The fraction of sp³-hybridized carbons (Fsp3) is 0.667. The molecule has 1 saturated heterocycles. The first-order valence-electron chi connectivity index (χ1n) is 7.23. The van der Waals surface area contributed by atoms with Crippen LogP contribution in [0, 0.1) is 5.92 Å². The molecular formula is C15H25N3O.